The molecular formula is C14H22F2N2. The van der Waals surface area contributed by atoms with Gasteiger partial charge in [0, 0.05) is 24.2 Å². The molecule has 0 bridgehead atoms. The average Bonchev–Trinajstić information content (AvgIpc) is 2.28. The van der Waals surface area contributed by atoms with E-state index in [9.17, 15) is 8.78 Å². The molecule has 0 saturated carbocycles. The molecule has 1 aromatic carbocycles. The largest absolute Gasteiger partial charge is 0.323 e. The molecule has 1 aromatic rings. The molecule has 0 spiro atoms. The predicted molar refractivity (Wildman–Crippen MR) is 70.3 cm³/mol. The van der Waals surface area contributed by atoms with Crippen LogP contribution in [0.4, 0.5) is 8.78 Å². The van der Waals surface area contributed by atoms with Gasteiger partial charge in [-0.2, -0.15) is 0 Å². The van der Waals surface area contributed by atoms with Crippen LogP contribution < -0.4 is 5.73 Å². The Morgan fingerprint density at radius 1 is 1.22 bits per heavy atom. The normalized spacial score (nSPS) is 13.3. The minimum Gasteiger partial charge on any atom is -0.323 e. The van der Waals surface area contributed by atoms with Crippen LogP contribution >= 0.6 is 0 Å². The van der Waals surface area contributed by atoms with E-state index in [0.717, 1.165) is 13.0 Å². The predicted octanol–water partition coefficient (Wildman–Crippen LogP) is 3.09. The highest BCUT2D eigenvalue weighted by atomic mass is 19.1. The van der Waals surface area contributed by atoms with Gasteiger partial charge in [-0.05, 0) is 38.9 Å². The van der Waals surface area contributed by atoms with Gasteiger partial charge in [-0.25, -0.2) is 8.78 Å². The van der Waals surface area contributed by atoms with Crippen LogP contribution in [-0.4, -0.2) is 24.0 Å². The Bertz CT molecular complexity index is 360. The molecule has 1 unspecified atom stereocenters. The first-order chi connectivity index (χ1) is 8.47. The van der Waals surface area contributed by atoms with Crippen molar-refractivity contribution in [3.05, 3.63) is 35.4 Å². The second-order valence-corrected chi connectivity index (χ2v) is 4.83. The van der Waals surface area contributed by atoms with Crippen molar-refractivity contribution in [1.29, 1.82) is 0 Å². The van der Waals surface area contributed by atoms with Crippen molar-refractivity contribution in [3.63, 3.8) is 0 Å². The summed E-state index contributed by atoms with van der Waals surface area (Å²) in [6.07, 6.45) is 0.991. The zero-order valence-electron chi connectivity index (χ0n) is 11.3. The Hall–Kier alpha value is -1.00. The zero-order chi connectivity index (χ0) is 13.7. The number of rotatable bonds is 6. The minimum absolute atomic E-state index is 0.0146. The van der Waals surface area contributed by atoms with E-state index >= 15 is 0 Å². The van der Waals surface area contributed by atoms with Gasteiger partial charge in [0.05, 0.1) is 0 Å². The fourth-order valence-electron chi connectivity index (χ4n) is 2.06. The Morgan fingerprint density at radius 3 is 2.22 bits per heavy atom. The van der Waals surface area contributed by atoms with Crippen molar-refractivity contribution in [2.45, 2.75) is 39.3 Å². The second-order valence-electron chi connectivity index (χ2n) is 4.83. The van der Waals surface area contributed by atoms with Crippen molar-refractivity contribution >= 4 is 0 Å². The molecule has 0 aliphatic heterocycles. The molecule has 0 amide bonds. The first kappa shape index (κ1) is 15.1. The summed E-state index contributed by atoms with van der Waals surface area (Å²) < 4.78 is 27.2. The number of nitrogens with two attached hydrogens (primary N) is 1. The third-order valence-electron chi connectivity index (χ3n) is 3.04. The zero-order valence-corrected chi connectivity index (χ0v) is 11.3. The average molecular weight is 256 g/mol. The fourth-order valence-corrected chi connectivity index (χ4v) is 2.06. The molecule has 0 heterocycles. The number of nitrogens with zero attached hydrogens (tertiary/aromatic N) is 1. The van der Waals surface area contributed by atoms with E-state index in [0.29, 0.717) is 12.6 Å². The number of hydrogen-bond donors (Lipinski definition) is 1. The standard InChI is InChI=1S/C14H22F2N2/c1-4-8-18(10(2)3)9-13(17)14-11(15)6-5-7-12(14)16/h5-7,10,13H,4,8-9,17H2,1-3H3. The third kappa shape index (κ3) is 3.75. The summed E-state index contributed by atoms with van der Waals surface area (Å²) in [5.74, 6) is -1.13. The van der Waals surface area contributed by atoms with Crippen LogP contribution in [-0.2, 0) is 0 Å². The van der Waals surface area contributed by atoms with Gasteiger partial charge in [0.15, 0.2) is 0 Å². The van der Waals surface area contributed by atoms with Gasteiger partial charge in [0.2, 0.25) is 0 Å². The lowest BCUT2D eigenvalue weighted by molar-refractivity contribution is 0.206. The lowest BCUT2D eigenvalue weighted by atomic mass is 10.0. The van der Waals surface area contributed by atoms with Crippen LogP contribution in [0.3, 0.4) is 0 Å². The van der Waals surface area contributed by atoms with Crippen LogP contribution in [0.2, 0.25) is 0 Å². The Kier molecular flexibility index (Phi) is 5.69. The van der Waals surface area contributed by atoms with E-state index in [-0.39, 0.29) is 5.56 Å². The molecule has 0 aliphatic rings. The quantitative estimate of drug-likeness (QED) is 0.847. The van der Waals surface area contributed by atoms with Gasteiger partial charge in [0.25, 0.3) is 0 Å². The van der Waals surface area contributed by atoms with Gasteiger partial charge < -0.3 is 5.73 Å². The van der Waals surface area contributed by atoms with E-state index in [1.54, 1.807) is 0 Å². The Labute approximate surface area is 108 Å². The SMILES string of the molecule is CCCN(CC(N)c1c(F)cccc1F)C(C)C. The van der Waals surface area contributed by atoms with Crippen LogP contribution in [0.1, 0.15) is 38.8 Å². The Balaban J connectivity index is 2.83. The Morgan fingerprint density at radius 2 is 1.78 bits per heavy atom. The molecule has 0 fully saturated rings. The maximum Gasteiger partial charge on any atom is 0.130 e. The summed E-state index contributed by atoms with van der Waals surface area (Å²) in [5.41, 5.74) is 5.93. The minimum atomic E-state index is -0.639. The van der Waals surface area contributed by atoms with Crippen molar-refractivity contribution in [1.82, 2.24) is 4.90 Å². The van der Waals surface area contributed by atoms with Crippen LogP contribution in [0.15, 0.2) is 18.2 Å². The molecule has 0 saturated heterocycles. The van der Waals surface area contributed by atoms with E-state index in [4.69, 9.17) is 5.73 Å². The summed E-state index contributed by atoms with van der Waals surface area (Å²) in [5, 5.41) is 0. The molecule has 0 aliphatic carbocycles. The smallest absolute Gasteiger partial charge is 0.130 e. The highest BCUT2D eigenvalue weighted by molar-refractivity contribution is 5.23. The van der Waals surface area contributed by atoms with Crippen molar-refractivity contribution in [3.8, 4) is 0 Å². The van der Waals surface area contributed by atoms with Crippen LogP contribution in [0, 0.1) is 11.6 Å². The van der Waals surface area contributed by atoms with Crippen LogP contribution in [0.25, 0.3) is 0 Å². The molecule has 0 radical (unpaired) electrons. The first-order valence-electron chi connectivity index (χ1n) is 6.40. The summed E-state index contributed by atoms with van der Waals surface area (Å²) >= 11 is 0. The van der Waals surface area contributed by atoms with Gasteiger partial charge in [-0.3, -0.25) is 4.90 Å². The van der Waals surface area contributed by atoms with Gasteiger partial charge in [-0.1, -0.05) is 13.0 Å². The highest BCUT2D eigenvalue weighted by Crippen LogP contribution is 2.20. The molecular weight excluding hydrogens is 234 g/mol. The maximum absolute atomic E-state index is 13.6. The lowest BCUT2D eigenvalue weighted by Crippen LogP contribution is -2.38. The molecule has 4 heteroatoms. The van der Waals surface area contributed by atoms with Crippen LogP contribution in [0.5, 0.6) is 0 Å². The van der Waals surface area contributed by atoms with E-state index in [1.165, 1.54) is 18.2 Å². The molecule has 102 valence electrons. The number of halogens is 2. The summed E-state index contributed by atoms with van der Waals surface area (Å²) in [4.78, 5) is 2.14. The number of hydrogen-bond acceptors (Lipinski definition) is 2. The van der Waals surface area contributed by atoms with Gasteiger partial charge in [0.1, 0.15) is 11.6 Å². The van der Waals surface area contributed by atoms with E-state index in [1.807, 2.05) is 0 Å². The summed E-state index contributed by atoms with van der Waals surface area (Å²) in [6, 6.07) is 3.52. The molecule has 0 aromatic heterocycles. The second kappa shape index (κ2) is 6.81. The lowest BCUT2D eigenvalue weighted by Gasteiger charge is -2.29. The molecule has 18 heavy (non-hydrogen) atoms. The highest BCUT2D eigenvalue weighted by Gasteiger charge is 2.20. The van der Waals surface area contributed by atoms with Crippen molar-refractivity contribution in [2.24, 2.45) is 5.73 Å². The summed E-state index contributed by atoms with van der Waals surface area (Å²) in [7, 11) is 0. The molecule has 2 nitrogen and oxygen atoms in total. The number of benzene rings is 1. The van der Waals surface area contributed by atoms with E-state index in [2.05, 4.69) is 25.7 Å². The third-order valence-corrected chi connectivity index (χ3v) is 3.04. The molecule has 2 N–H and O–H groups in total. The topological polar surface area (TPSA) is 29.3 Å². The van der Waals surface area contributed by atoms with E-state index < -0.39 is 17.7 Å². The fraction of sp³-hybridized carbons (Fsp3) is 0.571. The first-order valence-corrected chi connectivity index (χ1v) is 6.40. The summed E-state index contributed by atoms with van der Waals surface area (Å²) in [6.45, 7) is 7.52. The van der Waals surface area contributed by atoms with Crippen molar-refractivity contribution in [2.75, 3.05) is 13.1 Å². The molecule has 1 atom stereocenters. The van der Waals surface area contributed by atoms with Gasteiger partial charge in [-0.15, -0.1) is 0 Å². The van der Waals surface area contributed by atoms with Gasteiger partial charge >= 0.3 is 0 Å². The van der Waals surface area contributed by atoms with Crippen molar-refractivity contribution < 1.29 is 8.78 Å². The molecule has 1 rings (SSSR count). The monoisotopic (exact) mass is 256 g/mol. The maximum atomic E-state index is 13.6.